The molecule has 2 aromatic heterocycles. The molecule has 0 radical (unpaired) electrons. The predicted molar refractivity (Wildman–Crippen MR) is 122 cm³/mol. The summed E-state index contributed by atoms with van der Waals surface area (Å²) in [5, 5.41) is 12.1. The fourth-order valence-corrected chi connectivity index (χ4v) is 3.23. The van der Waals surface area contributed by atoms with E-state index in [1.165, 1.54) is 25.4 Å². The Bertz CT molecular complexity index is 1230. The van der Waals surface area contributed by atoms with Gasteiger partial charge in [0.05, 0.1) is 12.8 Å². The van der Waals surface area contributed by atoms with Crippen molar-refractivity contribution in [2.75, 3.05) is 24.3 Å². The van der Waals surface area contributed by atoms with Crippen molar-refractivity contribution in [3.63, 3.8) is 0 Å². The van der Waals surface area contributed by atoms with E-state index in [-0.39, 0.29) is 17.1 Å². The quantitative estimate of drug-likeness (QED) is 0.489. The van der Waals surface area contributed by atoms with Gasteiger partial charge in [-0.1, -0.05) is 20.8 Å². The van der Waals surface area contributed by atoms with Crippen LogP contribution < -0.4 is 20.9 Å². The maximum atomic E-state index is 12.8. The zero-order chi connectivity index (χ0) is 25.1. The average molecular weight is 475 g/mol. The third kappa shape index (κ3) is 5.91. The summed E-state index contributed by atoms with van der Waals surface area (Å²) in [4.78, 5) is 27.8. The normalized spacial score (nSPS) is 11.7. The lowest BCUT2D eigenvalue weighted by Crippen LogP contribution is -2.22. The first-order chi connectivity index (χ1) is 15.9. The highest BCUT2D eigenvalue weighted by Crippen LogP contribution is 2.40. The highest BCUT2D eigenvalue weighted by atomic mass is 19.4. The fourth-order valence-electron chi connectivity index (χ4n) is 3.23. The fraction of sp³-hybridized carbons (Fsp3) is 0.304. The van der Waals surface area contributed by atoms with E-state index >= 15 is 0 Å². The minimum absolute atomic E-state index is 0.111. The maximum absolute atomic E-state index is 12.8. The number of amides is 1. The molecule has 11 heteroatoms. The Morgan fingerprint density at radius 3 is 2.41 bits per heavy atom. The van der Waals surface area contributed by atoms with Crippen LogP contribution in [0.15, 0.2) is 47.4 Å². The lowest BCUT2D eigenvalue weighted by atomic mass is 9.84. The van der Waals surface area contributed by atoms with E-state index in [9.17, 15) is 22.8 Å². The SMILES string of the molecule is COc1c(NC(=O)c2ccc(NCC(F)(F)F)nn2)cc(-c2ccc[nH]c2=O)cc1C(C)(C)C. The summed E-state index contributed by atoms with van der Waals surface area (Å²) in [5.74, 6) is -0.354. The first-order valence-corrected chi connectivity index (χ1v) is 10.3. The predicted octanol–water partition coefficient (Wildman–Crippen LogP) is 4.36. The van der Waals surface area contributed by atoms with Crippen LogP contribution in [0.1, 0.15) is 36.8 Å². The van der Waals surface area contributed by atoms with Gasteiger partial charge >= 0.3 is 6.18 Å². The molecule has 2 heterocycles. The van der Waals surface area contributed by atoms with Gasteiger partial charge in [-0.25, -0.2) is 0 Å². The monoisotopic (exact) mass is 475 g/mol. The Hall–Kier alpha value is -3.89. The minimum Gasteiger partial charge on any atom is -0.494 e. The largest absolute Gasteiger partial charge is 0.494 e. The molecule has 1 aromatic carbocycles. The Morgan fingerprint density at radius 1 is 1.12 bits per heavy atom. The van der Waals surface area contributed by atoms with Crippen molar-refractivity contribution >= 4 is 17.4 Å². The van der Waals surface area contributed by atoms with Gasteiger partial charge in [-0.3, -0.25) is 9.59 Å². The van der Waals surface area contributed by atoms with Gasteiger partial charge in [-0.05, 0) is 47.4 Å². The van der Waals surface area contributed by atoms with Crippen molar-refractivity contribution in [2.24, 2.45) is 0 Å². The van der Waals surface area contributed by atoms with Crippen LogP contribution in [0.2, 0.25) is 0 Å². The van der Waals surface area contributed by atoms with Gasteiger partial charge in [0, 0.05) is 17.3 Å². The second-order valence-electron chi connectivity index (χ2n) is 8.49. The average Bonchev–Trinajstić information content (AvgIpc) is 2.76. The molecule has 0 saturated carbocycles. The van der Waals surface area contributed by atoms with Gasteiger partial charge in [0.25, 0.3) is 11.5 Å². The van der Waals surface area contributed by atoms with Crippen molar-refractivity contribution in [1.29, 1.82) is 0 Å². The van der Waals surface area contributed by atoms with E-state index in [0.29, 0.717) is 22.6 Å². The maximum Gasteiger partial charge on any atom is 0.405 e. The van der Waals surface area contributed by atoms with Crippen molar-refractivity contribution in [2.45, 2.75) is 32.4 Å². The summed E-state index contributed by atoms with van der Waals surface area (Å²) in [6.07, 6.45) is -2.89. The lowest BCUT2D eigenvalue weighted by molar-refractivity contribution is -0.115. The molecule has 3 aromatic rings. The van der Waals surface area contributed by atoms with Crippen LogP contribution in [0.4, 0.5) is 24.7 Å². The number of aromatic amines is 1. The molecule has 3 N–H and O–H groups in total. The van der Waals surface area contributed by atoms with Crippen LogP contribution in [-0.4, -0.2) is 40.9 Å². The molecule has 8 nitrogen and oxygen atoms in total. The first kappa shape index (κ1) is 24.7. The summed E-state index contributed by atoms with van der Waals surface area (Å²) in [6, 6.07) is 9.29. The molecule has 180 valence electrons. The van der Waals surface area contributed by atoms with Crippen molar-refractivity contribution in [3.05, 3.63) is 64.2 Å². The number of H-pyrrole nitrogens is 1. The van der Waals surface area contributed by atoms with Crippen LogP contribution >= 0.6 is 0 Å². The molecule has 0 aliphatic heterocycles. The number of hydrogen-bond donors (Lipinski definition) is 3. The smallest absolute Gasteiger partial charge is 0.405 e. The number of hydrogen-bond acceptors (Lipinski definition) is 6. The Balaban J connectivity index is 1.97. The Morgan fingerprint density at radius 2 is 1.85 bits per heavy atom. The van der Waals surface area contributed by atoms with Crippen LogP contribution in [0.5, 0.6) is 5.75 Å². The van der Waals surface area contributed by atoms with Crippen LogP contribution in [0.3, 0.4) is 0 Å². The van der Waals surface area contributed by atoms with Gasteiger partial charge in [0.15, 0.2) is 5.69 Å². The standard InChI is InChI=1S/C23H24F3N5O3/c1-22(2,3)15-10-13(14-6-5-9-27-20(14)32)11-17(19(15)34-4)29-21(33)16-7-8-18(31-30-16)28-12-23(24,25)26/h5-11H,12H2,1-4H3,(H,27,32)(H,28,31)(H,29,33). The molecule has 34 heavy (non-hydrogen) atoms. The van der Waals surface area contributed by atoms with E-state index < -0.39 is 24.0 Å². The number of aromatic nitrogens is 3. The van der Waals surface area contributed by atoms with Crippen LogP contribution in [0.25, 0.3) is 11.1 Å². The number of halogens is 3. The second kappa shape index (κ2) is 9.54. The van der Waals surface area contributed by atoms with Crippen molar-refractivity contribution in [3.8, 4) is 16.9 Å². The summed E-state index contributed by atoms with van der Waals surface area (Å²) in [6.45, 7) is 4.63. The zero-order valence-corrected chi connectivity index (χ0v) is 19.0. The molecule has 1 amide bonds. The summed E-state index contributed by atoms with van der Waals surface area (Å²) in [5.41, 5.74) is 1.24. The van der Waals surface area contributed by atoms with E-state index in [1.807, 2.05) is 26.8 Å². The number of rotatable bonds is 6. The number of nitrogens with zero attached hydrogens (tertiary/aromatic N) is 2. The molecule has 0 fully saturated rings. The van der Waals surface area contributed by atoms with E-state index in [4.69, 9.17) is 4.74 Å². The molecule has 0 aliphatic carbocycles. The number of carbonyl (C=O) groups excluding carboxylic acids is 1. The second-order valence-corrected chi connectivity index (χ2v) is 8.49. The Labute approximate surface area is 193 Å². The van der Waals surface area contributed by atoms with Crippen LogP contribution in [0, 0.1) is 0 Å². The summed E-state index contributed by atoms with van der Waals surface area (Å²) < 4.78 is 42.6. The Kier molecular flexibility index (Phi) is 6.94. The van der Waals surface area contributed by atoms with Crippen LogP contribution in [-0.2, 0) is 5.41 Å². The number of anilines is 2. The highest BCUT2D eigenvalue weighted by molar-refractivity contribution is 6.04. The number of benzene rings is 1. The van der Waals surface area contributed by atoms with Gasteiger partial charge in [-0.2, -0.15) is 13.2 Å². The summed E-state index contributed by atoms with van der Waals surface area (Å²) in [7, 11) is 1.47. The van der Waals surface area contributed by atoms with E-state index in [0.717, 1.165) is 5.56 Å². The van der Waals surface area contributed by atoms with E-state index in [2.05, 4.69) is 25.8 Å². The molecular formula is C23H24F3N5O3. The zero-order valence-electron chi connectivity index (χ0n) is 19.0. The van der Waals surface area contributed by atoms with E-state index in [1.54, 1.807) is 18.2 Å². The first-order valence-electron chi connectivity index (χ1n) is 10.3. The molecule has 0 spiro atoms. The number of methoxy groups -OCH3 is 1. The number of ether oxygens (including phenoxy) is 1. The molecule has 0 saturated heterocycles. The topological polar surface area (TPSA) is 109 Å². The van der Waals surface area contributed by atoms with Crippen molar-refractivity contribution in [1.82, 2.24) is 15.2 Å². The van der Waals surface area contributed by atoms with Gasteiger partial charge in [-0.15, -0.1) is 10.2 Å². The molecule has 0 bridgehead atoms. The molecule has 3 rings (SSSR count). The molecule has 0 atom stereocenters. The number of nitrogens with one attached hydrogen (secondary N) is 3. The third-order valence-electron chi connectivity index (χ3n) is 4.85. The van der Waals surface area contributed by atoms with Gasteiger partial charge in [0.2, 0.25) is 0 Å². The third-order valence-corrected chi connectivity index (χ3v) is 4.85. The highest BCUT2D eigenvalue weighted by Gasteiger charge is 2.27. The van der Waals surface area contributed by atoms with Gasteiger partial charge < -0.3 is 20.4 Å². The molecule has 0 aliphatic rings. The lowest BCUT2D eigenvalue weighted by Gasteiger charge is -2.25. The van der Waals surface area contributed by atoms with Gasteiger partial charge in [0.1, 0.15) is 18.1 Å². The minimum atomic E-state index is -4.41. The van der Waals surface area contributed by atoms with Crippen molar-refractivity contribution < 1.29 is 22.7 Å². The number of pyridine rings is 1. The molecular weight excluding hydrogens is 451 g/mol. The molecule has 0 unspecified atom stereocenters. The number of carbonyl (C=O) groups is 1. The summed E-state index contributed by atoms with van der Waals surface area (Å²) >= 11 is 0. The number of alkyl halides is 3.